The Morgan fingerprint density at radius 2 is 1.87 bits per heavy atom. The maximum absolute atomic E-state index is 11.6. The van der Waals surface area contributed by atoms with Gasteiger partial charge in [0.05, 0.1) is 7.11 Å². The van der Waals surface area contributed by atoms with E-state index in [1.807, 2.05) is 39.5 Å². The van der Waals surface area contributed by atoms with Crippen molar-refractivity contribution in [1.82, 2.24) is 10.2 Å². The molecule has 1 rings (SSSR count). The number of nitrogens with zero attached hydrogens (tertiary/aromatic N) is 1. The Labute approximate surface area is 145 Å². The van der Waals surface area contributed by atoms with Crippen LogP contribution >= 0.6 is 11.8 Å². The summed E-state index contributed by atoms with van der Waals surface area (Å²) in [5.41, 5.74) is -0.423. The predicted octanol–water partition coefficient (Wildman–Crippen LogP) is 2.76. The summed E-state index contributed by atoms with van der Waals surface area (Å²) < 4.78 is 9.09. The van der Waals surface area contributed by atoms with Crippen LogP contribution in [-0.4, -0.2) is 67.4 Å². The summed E-state index contributed by atoms with van der Waals surface area (Å²) >= 11 is 2.02. The molecule has 6 nitrogen and oxygen atoms in total. The van der Waals surface area contributed by atoms with E-state index < -0.39 is 5.60 Å². The molecule has 23 heavy (non-hydrogen) atoms. The normalized spacial score (nSPS) is 16.0. The number of rotatable bonds is 5. The quantitative estimate of drug-likeness (QED) is 0.769. The van der Waals surface area contributed by atoms with Crippen LogP contribution in [0.15, 0.2) is 0 Å². The lowest BCUT2D eigenvalue weighted by Gasteiger charge is -2.27. The number of alkyl carbamates (subject to hydrolysis) is 1. The Morgan fingerprint density at radius 1 is 1.35 bits per heavy atom. The summed E-state index contributed by atoms with van der Waals surface area (Å²) in [6, 6.07) is 0.162. The number of methoxy groups -OCH3 is 1. The third-order valence-corrected chi connectivity index (χ3v) is 3.78. The highest BCUT2D eigenvalue weighted by atomic mass is 32.2. The van der Waals surface area contributed by atoms with Gasteiger partial charge in [-0.15, -0.1) is 0 Å². The first-order valence-electron chi connectivity index (χ1n) is 7.54. The van der Waals surface area contributed by atoms with E-state index in [1.54, 1.807) is 0 Å². The maximum atomic E-state index is 11.6. The molecule has 0 aromatic carbocycles. The molecule has 1 saturated heterocycles. The Bertz CT molecular complexity index is 316. The second-order valence-electron chi connectivity index (χ2n) is 6.12. The van der Waals surface area contributed by atoms with Crippen molar-refractivity contribution in [3.05, 3.63) is 0 Å². The van der Waals surface area contributed by atoms with Crippen LogP contribution in [0, 0.1) is 0 Å². The molecule has 1 amide bonds. The minimum absolute atomic E-state index is 0. The zero-order valence-electron chi connectivity index (χ0n) is 14.4. The molecule has 0 unspecified atom stereocenters. The molecular weight excluding hydrogens is 316 g/mol. The van der Waals surface area contributed by atoms with Gasteiger partial charge in [-0.3, -0.25) is 4.79 Å². The summed E-state index contributed by atoms with van der Waals surface area (Å²) in [5.74, 6) is 2.46. The van der Waals surface area contributed by atoms with Gasteiger partial charge in [-0.05, 0) is 34.1 Å². The first-order chi connectivity index (χ1) is 10.3. The van der Waals surface area contributed by atoms with Crippen molar-refractivity contribution in [2.24, 2.45) is 0 Å². The van der Waals surface area contributed by atoms with Crippen molar-refractivity contribution < 1.29 is 19.1 Å². The summed E-state index contributed by atoms with van der Waals surface area (Å²) in [4.78, 5) is 23.0. The molecule has 0 spiro atoms. The molecule has 0 saturated carbocycles. The van der Waals surface area contributed by atoms with Gasteiger partial charge in [-0.2, -0.15) is 11.8 Å². The fraction of sp³-hybridized carbons (Fsp3) is 0.875. The largest absolute Gasteiger partial charge is 0.471 e. The molecule has 1 atom stereocenters. The molecule has 1 aliphatic heterocycles. The third kappa shape index (κ3) is 15.7. The molecule has 0 aromatic heterocycles. The third-order valence-electron chi connectivity index (χ3n) is 2.84. The molecule has 7 heteroatoms. The molecule has 1 fully saturated rings. The van der Waals surface area contributed by atoms with E-state index in [0.29, 0.717) is 6.47 Å². The Balaban J connectivity index is 0. The summed E-state index contributed by atoms with van der Waals surface area (Å²) in [7, 11) is 1.31. The van der Waals surface area contributed by atoms with Gasteiger partial charge >= 0.3 is 6.09 Å². The van der Waals surface area contributed by atoms with Crippen LogP contribution in [-0.2, 0) is 14.3 Å². The van der Waals surface area contributed by atoms with Crippen LogP contribution in [0.5, 0.6) is 0 Å². The summed E-state index contributed by atoms with van der Waals surface area (Å²) in [6.45, 7) is 11.4. The summed E-state index contributed by atoms with van der Waals surface area (Å²) in [6.07, 6.45) is 0.661. The molecule has 1 heterocycles. The van der Waals surface area contributed by atoms with Gasteiger partial charge in [0, 0.05) is 37.2 Å². The number of carbonyl (C=O) groups is 2. The standard InChI is InChI=1S/C13H26N2O2S.C2H4O2.CH4/c1-11(14-12(16)17-13(2,3)4)5-6-15-7-9-18-10-8-15;1-4-2-3;/h11H,5-10H2,1-4H3,(H,14,16);2H,1H3;1H4/t11-;;/m1../s1. The van der Waals surface area contributed by atoms with E-state index in [4.69, 9.17) is 9.53 Å². The average Bonchev–Trinajstić information content (AvgIpc) is 2.44. The van der Waals surface area contributed by atoms with Crippen molar-refractivity contribution in [2.75, 3.05) is 38.2 Å². The van der Waals surface area contributed by atoms with Gasteiger partial charge in [0.15, 0.2) is 0 Å². The zero-order chi connectivity index (χ0) is 17.0. The molecule has 1 aliphatic rings. The number of hydrogen-bond donors (Lipinski definition) is 1. The van der Waals surface area contributed by atoms with Gasteiger partial charge in [0.2, 0.25) is 0 Å². The smallest absolute Gasteiger partial charge is 0.407 e. The Kier molecular flexibility index (Phi) is 14.3. The van der Waals surface area contributed by atoms with Crippen LogP contribution in [0.4, 0.5) is 4.79 Å². The summed E-state index contributed by atoms with van der Waals surface area (Å²) in [5, 5.41) is 2.88. The predicted molar refractivity (Wildman–Crippen MR) is 97.0 cm³/mol. The molecule has 1 N–H and O–H groups in total. The van der Waals surface area contributed by atoms with E-state index >= 15 is 0 Å². The second kappa shape index (κ2) is 13.5. The van der Waals surface area contributed by atoms with E-state index in [9.17, 15) is 4.79 Å². The molecule has 0 aliphatic carbocycles. The highest BCUT2D eigenvalue weighted by Crippen LogP contribution is 2.10. The van der Waals surface area contributed by atoms with Gasteiger partial charge < -0.3 is 19.7 Å². The lowest BCUT2D eigenvalue weighted by Crippen LogP contribution is -2.40. The number of amides is 1. The molecule has 0 radical (unpaired) electrons. The van der Waals surface area contributed by atoms with Crippen LogP contribution in [0.1, 0.15) is 41.5 Å². The fourth-order valence-electron chi connectivity index (χ4n) is 1.78. The zero-order valence-corrected chi connectivity index (χ0v) is 15.2. The lowest BCUT2D eigenvalue weighted by molar-refractivity contribution is -0.126. The second-order valence-corrected chi connectivity index (χ2v) is 7.35. The number of thioether (sulfide) groups is 1. The van der Waals surface area contributed by atoms with Crippen LogP contribution in [0.3, 0.4) is 0 Å². The molecule has 138 valence electrons. The first kappa shape index (κ1) is 24.3. The van der Waals surface area contributed by atoms with E-state index in [0.717, 1.165) is 13.0 Å². The molecular formula is C16H34N2O4S. The average molecular weight is 351 g/mol. The number of nitrogens with one attached hydrogen (secondary N) is 1. The minimum Gasteiger partial charge on any atom is -0.471 e. The van der Waals surface area contributed by atoms with E-state index in [-0.39, 0.29) is 19.6 Å². The van der Waals surface area contributed by atoms with Crippen LogP contribution in [0.25, 0.3) is 0 Å². The highest BCUT2D eigenvalue weighted by Gasteiger charge is 2.18. The molecule has 0 bridgehead atoms. The minimum atomic E-state index is -0.423. The Morgan fingerprint density at radius 3 is 2.30 bits per heavy atom. The van der Waals surface area contributed by atoms with E-state index in [2.05, 4.69) is 15.0 Å². The number of carbonyl (C=O) groups excluding carboxylic acids is 2. The monoisotopic (exact) mass is 350 g/mol. The van der Waals surface area contributed by atoms with Crippen molar-refractivity contribution in [1.29, 1.82) is 0 Å². The number of hydrogen-bond acceptors (Lipinski definition) is 6. The topological polar surface area (TPSA) is 67.9 Å². The maximum Gasteiger partial charge on any atom is 0.407 e. The highest BCUT2D eigenvalue weighted by molar-refractivity contribution is 7.99. The lowest BCUT2D eigenvalue weighted by atomic mass is 10.2. The Hall–Kier alpha value is -0.950. The molecule has 0 aromatic rings. The van der Waals surface area contributed by atoms with Crippen LogP contribution in [0.2, 0.25) is 0 Å². The van der Waals surface area contributed by atoms with Gasteiger partial charge in [-0.1, -0.05) is 7.43 Å². The van der Waals surface area contributed by atoms with Gasteiger partial charge in [0.25, 0.3) is 6.47 Å². The van der Waals surface area contributed by atoms with Crippen LogP contribution < -0.4 is 5.32 Å². The van der Waals surface area contributed by atoms with Gasteiger partial charge in [-0.25, -0.2) is 4.79 Å². The van der Waals surface area contributed by atoms with Crippen molar-refractivity contribution in [2.45, 2.75) is 53.2 Å². The van der Waals surface area contributed by atoms with E-state index in [1.165, 1.54) is 31.7 Å². The number of ether oxygens (including phenoxy) is 2. The van der Waals surface area contributed by atoms with Crippen molar-refractivity contribution in [3.8, 4) is 0 Å². The van der Waals surface area contributed by atoms with Gasteiger partial charge in [0.1, 0.15) is 5.60 Å². The fourth-order valence-corrected chi connectivity index (χ4v) is 2.76. The van der Waals surface area contributed by atoms with Crippen molar-refractivity contribution in [3.63, 3.8) is 0 Å². The van der Waals surface area contributed by atoms with Crippen molar-refractivity contribution >= 4 is 24.3 Å². The SMILES string of the molecule is C.COC=O.C[C@H](CCN1CCSCC1)NC(=O)OC(C)(C)C. The first-order valence-corrected chi connectivity index (χ1v) is 8.70.